The Morgan fingerprint density at radius 2 is 1.89 bits per heavy atom. The van der Waals surface area contributed by atoms with E-state index in [9.17, 15) is 8.42 Å². The Morgan fingerprint density at radius 3 is 2.39 bits per heavy atom. The van der Waals surface area contributed by atoms with E-state index in [0.29, 0.717) is 17.9 Å². The maximum Gasteiger partial charge on any atom is 0.266 e. The van der Waals surface area contributed by atoms with Gasteiger partial charge in [0.25, 0.3) is 10.1 Å². The molecule has 0 aliphatic heterocycles. The van der Waals surface area contributed by atoms with Gasteiger partial charge in [-0.25, -0.2) is 0 Å². The summed E-state index contributed by atoms with van der Waals surface area (Å²) in [4.78, 5) is 0. The summed E-state index contributed by atoms with van der Waals surface area (Å²) in [6.45, 7) is 0. The van der Waals surface area contributed by atoms with Gasteiger partial charge in [-0.2, -0.15) is 8.42 Å². The lowest BCUT2D eigenvalue weighted by molar-refractivity contribution is 0.354. The van der Waals surface area contributed by atoms with Crippen molar-refractivity contribution in [2.24, 2.45) is 5.73 Å². The zero-order valence-corrected chi connectivity index (χ0v) is 11.1. The fourth-order valence-corrected chi connectivity index (χ4v) is 2.30. The first kappa shape index (κ1) is 14.7. The quantitative estimate of drug-likeness (QED) is 0.732. The number of hydrogen-bond donors (Lipinski definition) is 2. The van der Waals surface area contributed by atoms with E-state index in [1.54, 1.807) is 18.2 Å². The van der Waals surface area contributed by atoms with Gasteiger partial charge in [-0.15, -0.1) is 0 Å². The second-order valence-electron chi connectivity index (χ2n) is 3.90. The van der Waals surface area contributed by atoms with Crippen molar-refractivity contribution in [2.75, 3.05) is 20.0 Å². The van der Waals surface area contributed by atoms with E-state index in [4.69, 9.17) is 19.8 Å². The van der Waals surface area contributed by atoms with Crippen LogP contribution in [0, 0.1) is 0 Å². The van der Waals surface area contributed by atoms with Gasteiger partial charge < -0.3 is 15.2 Å². The monoisotopic (exact) mass is 275 g/mol. The van der Waals surface area contributed by atoms with Crippen molar-refractivity contribution in [1.82, 2.24) is 0 Å². The molecule has 0 aliphatic rings. The van der Waals surface area contributed by atoms with Crippen LogP contribution >= 0.6 is 0 Å². The molecule has 0 fully saturated rings. The first-order valence-electron chi connectivity index (χ1n) is 5.27. The molecule has 102 valence electrons. The molecular formula is C11H17NO5S. The third kappa shape index (κ3) is 4.52. The van der Waals surface area contributed by atoms with Gasteiger partial charge in [0.15, 0.2) is 11.5 Å². The zero-order valence-electron chi connectivity index (χ0n) is 10.3. The molecule has 6 nitrogen and oxygen atoms in total. The molecule has 0 saturated carbocycles. The van der Waals surface area contributed by atoms with Gasteiger partial charge in [0.05, 0.1) is 20.0 Å². The molecule has 0 radical (unpaired) electrons. The molecule has 0 bridgehead atoms. The number of ether oxygens (including phenoxy) is 2. The van der Waals surface area contributed by atoms with E-state index >= 15 is 0 Å². The minimum Gasteiger partial charge on any atom is -0.493 e. The van der Waals surface area contributed by atoms with Crippen LogP contribution in [0.25, 0.3) is 0 Å². The van der Waals surface area contributed by atoms with Crippen LogP contribution in [-0.2, 0) is 16.5 Å². The summed E-state index contributed by atoms with van der Waals surface area (Å²) in [6, 6.07) is 4.54. The lowest BCUT2D eigenvalue weighted by atomic mass is 10.1. The fourth-order valence-electron chi connectivity index (χ4n) is 1.64. The number of hydrogen-bond acceptors (Lipinski definition) is 5. The van der Waals surface area contributed by atoms with E-state index < -0.39 is 21.9 Å². The first-order valence-corrected chi connectivity index (χ1v) is 6.88. The van der Waals surface area contributed by atoms with Crippen molar-refractivity contribution in [2.45, 2.75) is 12.5 Å². The Labute approximate surface area is 106 Å². The van der Waals surface area contributed by atoms with Crippen molar-refractivity contribution in [3.63, 3.8) is 0 Å². The minimum atomic E-state index is -4.05. The predicted molar refractivity (Wildman–Crippen MR) is 67.6 cm³/mol. The molecule has 18 heavy (non-hydrogen) atoms. The van der Waals surface area contributed by atoms with E-state index in [0.717, 1.165) is 5.56 Å². The maximum atomic E-state index is 10.7. The van der Waals surface area contributed by atoms with Gasteiger partial charge in [0, 0.05) is 6.04 Å². The van der Waals surface area contributed by atoms with Gasteiger partial charge >= 0.3 is 0 Å². The third-order valence-corrected chi connectivity index (χ3v) is 3.22. The van der Waals surface area contributed by atoms with Crippen molar-refractivity contribution >= 4 is 10.1 Å². The Morgan fingerprint density at radius 1 is 1.28 bits per heavy atom. The van der Waals surface area contributed by atoms with Crippen LogP contribution in [-0.4, -0.2) is 39.0 Å². The van der Waals surface area contributed by atoms with Gasteiger partial charge in [-0.1, -0.05) is 6.07 Å². The van der Waals surface area contributed by atoms with Crippen LogP contribution in [0.15, 0.2) is 18.2 Å². The van der Waals surface area contributed by atoms with Crippen molar-refractivity contribution < 1.29 is 22.4 Å². The van der Waals surface area contributed by atoms with Crippen LogP contribution in [0.2, 0.25) is 0 Å². The van der Waals surface area contributed by atoms with Gasteiger partial charge in [0.2, 0.25) is 0 Å². The summed E-state index contributed by atoms with van der Waals surface area (Å²) in [6.07, 6.45) is 0.320. The summed E-state index contributed by atoms with van der Waals surface area (Å²) in [5.74, 6) is 0.667. The summed E-state index contributed by atoms with van der Waals surface area (Å²) in [5.41, 5.74) is 6.45. The number of rotatable bonds is 6. The van der Waals surface area contributed by atoms with Crippen molar-refractivity contribution in [3.8, 4) is 11.5 Å². The van der Waals surface area contributed by atoms with E-state index in [1.165, 1.54) is 14.2 Å². The third-order valence-electron chi connectivity index (χ3n) is 2.37. The van der Waals surface area contributed by atoms with Crippen molar-refractivity contribution in [1.29, 1.82) is 0 Å². The lowest BCUT2D eigenvalue weighted by Crippen LogP contribution is -2.31. The Kier molecular flexibility index (Phi) is 4.94. The molecular weight excluding hydrogens is 258 g/mol. The molecule has 7 heteroatoms. The van der Waals surface area contributed by atoms with Crippen LogP contribution < -0.4 is 15.2 Å². The standard InChI is InChI=1S/C11H17NO5S/c1-16-10-4-3-8(6-11(10)17-2)5-9(12)7-18(13,14)15/h3-4,6,9H,5,7,12H2,1-2H3,(H,13,14,15)/t9-/m0/s1. The maximum absolute atomic E-state index is 10.7. The normalized spacial score (nSPS) is 13.1. The summed E-state index contributed by atoms with van der Waals surface area (Å²) in [7, 11) is -1.01. The number of nitrogens with two attached hydrogens (primary N) is 1. The molecule has 3 N–H and O–H groups in total. The highest BCUT2D eigenvalue weighted by molar-refractivity contribution is 7.85. The van der Waals surface area contributed by atoms with E-state index in [-0.39, 0.29) is 0 Å². The summed E-state index contributed by atoms with van der Waals surface area (Å²) in [5, 5.41) is 0. The molecule has 0 unspecified atom stereocenters. The Hall–Kier alpha value is -1.31. The largest absolute Gasteiger partial charge is 0.493 e. The molecule has 0 amide bonds. The van der Waals surface area contributed by atoms with E-state index in [1.807, 2.05) is 0 Å². The highest BCUT2D eigenvalue weighted by Gasteiger charge is 2.14. The SMILES string of the molecule is COc1ccc(C[C@H](N)CS(=O)(=O)O)cc1OC. The highest BCUT2D eigenvalue weighted by atomic mass is 32.2. The van der Waals surface area contributed by atoms with Crippen LogP contribution in [0.5, 0.6) is 11.5 Å². The first-order chi connectivity index (χ1) is 8.35. The van der Waals surface area contributed by atoms with Crippen LogP contribution in [0.3, 0.4) is 0 Å². The second-order valence-corrected chi connectivity index (χ2v) is 5.40. The topological polar surface area (TPSA) is 98.9 Å². The van der Waals surface area contributed by atoms with E-state index in [2.05, 4.69) is 0 Å². The Bertz CT molecular complexity index is 500. The molecule has 0 aliphatic carbocycles. The second kappa shape index (κ2) is 6.03. The van der Waals surface area contributed by atoms with Gasteiger partial charge in [-0.05, 0) is 24.1 Å². The molecule has 1 aromatic rings. The molecule has 0 spiro atoms. The molecule has 1 rings (SSSR count). The summed E-state index contributed by atoms with van der Waals surface area (Å²) >= 11 is 0. The minimum absolute atomic E-state index is 0.320. The van der Waals surface area contributed by atoms with Gasteiger partial charge in [-0.3, -0.25) is 4.55 Å². The lowest BCUT2D eigenvalue weighted by Gasteiger charge is -2.12. The molecule has 1 aromatic carbocycles. The van der Waals surface area contributed by atoms with Crippen LogP contribution in [0.1, 0.15) is 5.56 Å². The Balaban J connectivity index is 2.79. The average molecular weight is 275 g/mol. The van der Waals surface area contributed by atoms with Gasteiger partial charge in [0.1, 0.15) is 0 Å². The fraction of sp³-hybridized carbons (Fsp3) is 0.455. The smallest absolute Gasteiger partial charge is 0.266 e. The molecule has 1 atom stereocenters. The average Bonchev–Trinajstić information content (AvgIpc) is 2.26. The molecule has 0 heterocycles. The zero-order chi connectivity index (χ0) is 13.8. The number of methoxy groups -OCH3 is 2. The number of benzene rings is 1. The molecule has 0 saturated heterocycles. The van der Waals surface area contributed by atoms with Crippen molar-refractivity contribution in [3.05, 3.63) is 23.8 Å². The van der Waals surface area contributed by atoms with Crippen LogP contribution in [0.4, 0.5) is 0 Å². The summed E-state index contributed by atoms with van der Waals surface area (Å²) < 4.78 is 40.3. The highest BCUT2D eigenvalue weighted by Crippen LogP contribution is 2.27. The predicted octanol–water partition coefficient (Wildman–Crippen LogP) is 0.461. The molecule has 0 aromatic heterocycles.